The van der Waals surface area contributed by atoms with Crippen LogP contribution in [0.15, 0.2) is 24.3 Å². The fraction of sp³-hybridized carbons (Fsp3) is 0.500. The average molecular weight is 452 g/mol. The van der Waals surface area contributed by atoms with Gasteiger partial charge in [0.15, 0.2) is 0 Å². The topological polar surface area (TPSA) is 203 Å². The van der Waals surface area contributed by atoms with E-state index < -0.39 is 61.1 Å². The number of phenols is 1. The van der Waals surface area contributed by atoms with Crippen molar-refractivity contribution in [3.63, 3.8) is 0 Å². The van der Waals surface area contributed by atoms with E-state index in [1.807, 2.05) is 0 Å². The normalized spacial score (nSPS) is 18.5. The molecule has 8 N–H and O–H groups in total. The highest BCUT2D eigenvalue weighted by atomic mass is 16.4. The Bertz CT molecular complexity index is 831. The van der Waals surface area contributed by atoms with Gasteiger partial charge in [0.2, 0.25) is 17.7 Å². The first-order valence-corrected chi connectivity index (χ1v) is 10.1. The summed E-state index contributed by atoms with van der Waals surface area (Å²) in [6.07, 6.45) is 0.826. The molecule has 1 saturated heterocycles. The van der Waals surface area contributed by atoms with E-state index in [1.54, 1.807) is 0 Å². The van der Waals surface area contributed by atoms with E-state index in [4.69, 9.17) is 15.9 Å². The van der Waals surface area contributed by atoms with Crippen molar-refractivity contribution in [3.8, 4) is 5.75 Å². The third-order valence-electron chi connectivity index (χ3n) is 5.16. The minimum atomic E-state index is -1.56. The smallest absolute Gasteiger partial charge is 0.328 e. The minimum absolute atomic E-state index is 0.00495. The molecule has 12 nitrogen and oxygen atoms in total. The molecule has 1 aliphatic heterocycles. The number of carbonyl (C=O) groups excluding carboxylic acids is 3. The number of phenolic OH excluding ortho intramolecular Hbond substituents is 1. The van der Waals surface area contributed by atoms with Crippen LogP contribution in [0.4, 0.5) is 0 Å². The summed E-state index contributed by atoms with van der Waals surface area (Å²) in [5, 5.41) is 41.6. The lowest BCUT2D eigenvalue weighted by Gasteiger charge is -2.28. The van der Waals surface area contributed by atoms with E-state index in [1.165, 1.54) is 29.2 Å². The van der Waals surface area contributed by atoms with Crippen LogP contribution in [0.3, 0.4) is 0 Å². The van der Waals surface area contributed by atoms with E-state index in [-0.39, 0.29) is 18.7 Å². The number of nitrogens with two attached hydrogens (primary N) is 1. The molecule has 0 saturated carbocycles. The fourth-order valence-electron chi connectivity index (χ4n) is 3.40. The van der Waals surface area contributed by atoms with Crippen molar-refractivity contribution in [3.05, 3.63) is 29.8 Å². The van der Waals surface area contributed by atoms with Gasteiger partial charge >= 0.3 is 5.97 Å². The third-order valence-corrected chi connectivity index (χ3v) is 5.16. The lowest BCUT2D eigenvalue weighted by Crippen LogP contribution is -2.57. The molecule has 0 aromatic heterocycles. The van der Waals surface area contributed by atoms with E-state index >= 15 is 0 Å². The van der Waals surface area contributed by atoms with Crippen molar-refractivity contribution in [2.24, 2.45) is 5.73 Å². The van der Waals surface area contributed by atoms with Crippen LogP contribution in [-0.4, -0.2) is 92.9 Å². The molecule has 1 aromatic carbocycles. The van der Waals surface area contributed by atoms with Gasteiger partial charge in [-0.1, -0.05) is 12.1 Å². The summed E-state index contributed by atoms with van der Waals surface area (Å²) >= 11 is 0. The first-order chi connectivity index (χ1) is 15.2. The summed E-state index contributed by atoms with van der Waals surface area (Å²) in [5.74, 6) is -3.49. The molecule has 12 heteroatoms. The van der Waals surface area contributed by atoms with E-state index in [9.17, 15) is 29.4 Å². The predicted octanol–water partition coefficient (Wildman–Crippen LogP) is -2.71. The van der Waals surface area contributed by atoms with Crippen LogP contribution in [0.25, 0.3) is 0 Å². The van der Waals surface area contributed by atoms with Gasteiger partial charge in [-0.25, -0.2) is 4.79 Å². The van der Waals surface area contributed by atoms with Gasteiger partial charge in [0.05, 0.1) is 13.2 Å². The standard InChI is InChI=1S/C20H28N4O8/c21-13(9-25)19(30)24-7-1-2-16(24)18(29)22-14(8-11-3-5-12(27)6-4-11)17(28)23-15(10-26)20(31)32/h3-6,13-16,25-27H,1-2,7-10,21H2,(H,22,29)(H,23,28)(H,31,32). The number of likely N-dealkylation sites (tertiary alicyclic amines) is 1. The van der Waals surface area contributed by atoms with Gasteiger partial charge < -0.3 is 41.7 Å². The molecule has 1 aromatic rings. The van der Waals surface area contributed by atoms with Crippen LogP contribution in [0.1, 0.15) is 18.4 Å². The number of aliphatic hydroxyl groups is 2. The Hall–Kier alpha value is -3.22. The highest BCUT2D eigenvalue weighted by Crippen LogP contribution is 2.19. The number of carboxylic acid groups (broad SMARTS) is 1. The number of carbonyl (C=O) groups is 4. The maximum atomic E-state index is 12.9. The van der Waals surface area contributed by atoms with Crippen LogP contribution in [0, 0.1) is 0 Å². The first kappa shape index (κ1) is 25.0. The summed E-state index contributed by atoms with van der Waals surface area (Å²) < 4.78 is 0. The van der Waals surface area contributed by atoms with E-state index in [2.05, 4.69) is 10.6 Å². The van der Waals surface area contributed by atoms with Gasteiger partial charge in [0.1, 0.15) is 29.9 Å². The highest BCUT2D eigenvalue weighted by molar-refractivity contribution is 5.94. The maximum absolute atomic E-state index is 12.9. The molecule has 1 fully saturated rings. The summed E-state index contributed by atoms with van der Waals surface area (Å²) in [4.78, 5) is 50.4. The predicted molar refractivity (Wildman–Crippen MR) is 110 cm³/mol. The Morgan fingerprint density at radius 3 is 2.28 bits per heavy atom. The Balaban J connectivity index is 2.19. The van der Waals surface area contributed by atoms with Crippen LogP contribution < -0.4 is 16.4 Å². The number of aromatic hydroxyl groups is 1. The number of nitrogens with zero attached hydrogens (tertiary/aromatic N) is 1. The zero-order chi connectivity index (χ0) is 23.8. The Labute approximate surface area is 184 Å². The van der Waals surface area contributed by atoms with Crippen molar-refractivity contribution >= 4 is 23.7 Å². The molecule has 2 rings (SSSR count). The van der Waals surface area contributed by atoms with Gasteiger partial charge in [-0.2, -0.15) is 0 Å². The van der Waals surface area contributed by atoms with Crippen molar-refractivity contribution in [2.45, 2.75) is 43.4 Å². The molecular weight excluding hydrogens is 424 g/mol. The maximum Gasteiger partial charge on any atom is 0.328 e. The van der Waals surface area contributed by atoms with Gasteiger partial charge in [0, 0.05) is 13.0 Å². The Kier molecular flexibility index (Phi) is 8.93. The minimum Gasteiger partial charge on any atom is -0.508 e. The largest absolute Gasteiger partial charge is 0.508 e. The second kappa shape index (κ2) is 11.4. The molecule has 0 aliphatic carbocycles. The highest BCUT2D eigenvalue weighted by Gasteiger charge is 2.37. The number of aliphatic carboxylic acids is 1. The molecule has 176 valence electrons. The lowest BCUT2D eigenvalue weighted by atomic mass is 10.0. The van der Waals surface area contributed by atoms with Crippen molar-refractivity contribution < 1.29 is 39.6 Å². The number of hydrogen-bond acceptors (Lipinski definition) is 8. The molecule has 1 heterocycles. The number of benzene rings is 1. The van der Waals surface area contributed by atoms with E-state index in [0.717, 1.165) is 0 Å². The van der Waals surface area contributed by atoms with Crippen LogP contribution in [-0.2, 0) is 25.6 Å². The molecule has 0 radical (unpaired) electrons. The SMILES string of the molecule is NC(CO)C(=O)N1CCCC1C(=O)NC(Cc1ccc(O)cc1)C(=O)NC(CO)C(=O)O. The summed E-state index contributed by atoms with van der Waals surface area (Å²) in [6.45, 7) is -1.15. The number of carboxylic acids is 1. The van der Waals surface area contributed by atoms with Crippen molar-refractivity contribution in [2.75, 3.05) is 19.8 Å². The number of hydrogen-bond donors (Lipinski definition) is 7. The molecule has 3 amide bonds. The second-order valence-electron chi connectivity index (χ2n) is 7.49. The summed E-state index contributed by atoms with van der Waals surface area (Å²) in [6, 6.07) is 1.02. The molecule has 1 aliphatic rings. The average Bonchev–Trinajstić information content (AvgIpc) is 3.26. The van der Waals surface area contributed by atoms with Crippen molar-refractivity contribution in [1.29, 1.82) is 0 Å². The summed E-state index contributed by atoms with van der Waals surface area (Å²) in [7, 11) is 0. The van der Waals surface area contributed by atoms with Gasteiger partial charge in [-0.15, -0.1) is 0 Å². The lowest BCUT2D eigenvalue weighted by molar-refractivity contribution is -0.144. The number of rotatable bonds is 10. The van der Waals surface area contributed by atoms with Gasteiger partial charge in [-0.05, 0) is 30.5 Å². The number of aliphatic hydroxyl groups excluding tert-OH is 2. The molecule has 0 spiro atoms. The van der Waals surface area contributed by atoms with Crippen molar-refractivity contribution in [1.82, 2.24) is 15.5 Å². The quantitative estimate of drug-likeness (QED) is 0.197. The van der Waals surface area contributed by atoms with E-state index in [0.29, 0.717) is 18.4 Å². The first-order valence-electron chi connectivity index (χ1n) is 10.1. The summed E-state index contributed by atoms with van der Waals surface area (Å²) in [5.41, 5.74) is 6.15. The second-order valence-corrected chi connectivity index (χ2v) is 7.49. The monoisotopic (exact) mass is 452 g/mol. The Morgan fingerprint density at radius 2 is 1.72 bits per heavy atom. The van der Waals surface area contributed by atoms with Gasteiger partial charge in [0.25, 0.3) is 0 Å². The third kappa shape index (κ3) is 6.39. The van der Waals surface area contributed by atoms with Crippen LogP contribution in [0.5, 0.6) is 5.75 Å². The van der Waals surface area contributed by atoms with Gasteiger partial charge in [-0.3, -0.25) is 14.4 Å². The zero-order valence-corrected chi connectivity index (χ0v) is 17.3. The molecule has 4 unspecified atom stereocenters. The molecule has 4 atom stereocenters. The fourth-order valence-corrected chi connectivity index (χ4v) is 3.40. The van der Waals surface area contributed by atoms with Crippen LogP contribution in [0.2, 0.25) is 0 Å². The van der Waals surface area contributed by atoms with Crippen LogP contribution >= 0.6 is 0 Å². The molecule has 0 bridgehead atoms. The number of amides is 3. The Morgan fingerprint density at radius 1 is 1.06 bits per heavy atom. The zero-order valence-electron chi connectivity index (χ0n) is 17.3. The molecular formula is C20H28N4O8. The number of nitrogens with one attached hydrogen (secondary N) is 2. The molecule has 32 heavy (non-hydrogen) atoms.